The normalized spacial score (nSPS) is 23.3. The zero-order valence-corrected chi connectivity index (χ0v) is 11.6. The molecule has 1 saturated heterocycles. The van der Waals surface area contributed by atoms with Crippen LogP contribution in [0.3, 0.4) is 0 Å². The van der Waals surface area contributed by atoms with Crippen LogP contribution in [0.15, 0.2) is 30.3 Å². The molecule has 1 aromatic rings. The van der Waals surface area contributed by atoms with Crippen LogP contribution in [0, 0.1) is 0 Å². The lowest BCUT2D eigenvalue weighted by atomic mass is 9.83. The Kier molecular flexibility index (Phi) is 3.92. The van der Waals surface area contributed by atoms with Gasteiger partial charge < -0.3 is 15.7 Å². The van der Waals surface area contributed by atoms with E-state index in [2.05, 4.69) is 10.6 Å². The highest BCUT2D eigenvalue weighted by Crippen LogP contribution is 2.23. The number of carbonyl (C=O) groups excluding carboxylic acids is 1. The highest BCUT2D eigenvalue weighted by molar-refractivity contribution is 5.87. The van der Waals surface area contributed by atoms with Crippen molar-refractivity contribution in [3.63, 3.8) is 0 Å². The van der Waals surface area contributed by atoms with Crippen LogP contribution in [0.25, 0.3) is 0 Å². The smallest absolute Gasteiger partial charge is 0.230 e. The van der Waals surface area contributed by atoms with E-state index in [9.17, 15) is 9.90 Å². The molecule has 19 heavy (non-hydrogen) atoms. The monoisotopic (exact) mass is 262 g/mol. The van der Waals surface area contributed by atoms with E-state index in [0.29, 0.717) is 19.5 Å². The molecule has 1 unspecified atom stereocenters. The summed E-state index contributed by atoms with van der Waals surface area (Å²) in [4.78, 5) is 12.3. The van der Waals surface area contributed by atoms with Crippen molar-refractivity contribution in [2.75, 3.05) is 19.6 Å². The molecule has 4 heteroatoms. The minimum Gasteiger partial charge on any atom is -0.387 e. The van der Waals surface area contributed by atoms with Gasteiger partial charge in [-0.05, 0) is 32.4 Å². The molecule has 0 bridgehead atoms. The van der Waals surface area contributed by atoms with Gasteiger partial charge in [0.1, 0.15) is 0 Å². The van der Waals surface area contributed by atoms with Gasteiger partial charge in [-0.1, -0.05) is 30.3 Å². The van der Waals surface area contributed by atoms with Gasteiger partial charge in [0, 0.05) is 13.1 Å². The van der Waals surface area contributed by atoms with Crippen LogP contribution >= 0.6 is 0 Å². The molecule has 0 spiro atoms. The molecule has 1 aliphatic heterocycles. The molecule has 4 nitrogen and oxygen atoms in total. The molecular formula is C15H22N2O2. The molecule has 3 N–H and O–H groups in total. The summed E-state index contributed by atoms with van der Waals surface area (Å²) in [7, 11) is 0. The standard InChI is InChI=1S/C15H22N2O2/c1-14(2,12-6-4-3-5-7-12)13(18)17-11-15(19)8-9-16-10-15/h3-7,16,19H,8-11H2,1-2H3,(H,17,18). The van der Waals surface area contributed by atoms with E-state index in [1.165, 1.54) is 0 Å². The summed E-state index contributed by atoms with van der Waals surface area (Å²) in [6, 6.07) is 9.69. The fourth-order valence-corrected chi connectivity index (χ4v) is 2.33. The van der Waals surface area contributed by atoms with E-state index in [1.54, 1.807) is 0 Å². The van der Waals surface area contributed by atoms with Gasteiger partial charge in [0.15, 0.2) is 0 Å². The number of carbonyl (C=O) groups is 1. The van der Waals surface area contributed by atoms with E-state index in [-0.39, 0.29) is 5.91 Å². The SMILES string of the molecule is CC(C)(C(=O)NCC1(O)CCNC1)c1ccccc1. The van der Waals surface area contributed by atoms with Crippen LogP contribution in [0.1, 0.15) is 25.8 Å². The molecule has 1 amide bonds. The van der Waals surface area contributed by atoms with Gasteiger partial charge in [0.05, 0.1) is 11.0 Å². The molecule has 1 heterocycles. The third-order valence-corrected chi connectivity index (χ3v) is 3.86. The van der Waals surface area contributed by atoms with Crippen LogP contribution in [0.5, 0.6) is 0 Å². The lowest BCUT2D eigenvalue weighted by molar-refractivity contribution is -0.126. The van der Waals surface area contributed by atoms with E-state index in [0.717, 1.165) is 12.1 Å². The van der Waals surface area contributed by atoms with E-state index in [4.69, 9.17) is 0 Å². The topological polar surface area (TPSA) is 61.4 Å². The third-order valence-electron chi connectivity index (χ3n) is 3.86. The molecule has 1 fully saturated rings. The van der Waals surface area contributed by atoms with Gasteiger partial charge >= 0.3 is 0 Å². The van der Waals surface area contributed by atoms with Gasteiger partial charge in [0.2, 0.25) is 5.91 Å². The Morgan fingerprint density at radius 2 is 2.11 bits per heavy atom. The molecule has 2 rings (SSSR count). The van der Waals surface area contributed by atoms with Crippen LogP contribution in [0.4, 0.5) is 0 Å². The molecule has 1 aliphatic rings. The summed E-state index contributed by atoms with van der Waals surface area (Å²) < 4.78 is 0. The second-order valence-electron chi connectivity index (χ2n) is 5.82. The van der Waals surface area contributed by atoms with Crippen molar-refractivity contribution < 1.29 is 9.90 Å². The molecule has 1 atom stereocenters. The first-order valence-electron chi connectivity index (χ1n) is 6.71. The summed E-state index contributed by atoms with van der Waals surface area (Å²) >= 11 is 0. The third kappa shape index (κ3) is 3.14. The lowest BCUT2D eigenvalue weighted by Crippen LogP contribution is -2.49. The maximum absolute atomic E-state index is 12.3. The average Bonchev–Trinajstić information content (AvgIpc) is 2.84. The van der Waals surface area contributed by atoms with Crippen molar-refractivity contribution in [2.24, 2.45) is 0 Å². The summed E-state index contributed by atoms with van der Waals surface area (Å²) in [5.41, 5.74) is -0.421. The molecule has 0 saturated carbocycles. The maximum Gasteiger partial charge on any atom is 0.230 e. The number of β-amino-alcohol motifs (C(OH)–C–C–N with tert-alkyl or cyclic N) is 1. The number of amides is 1. The quantitative estimate of drug-likeness (QED) is 0.752. The second-order valence-corrected chi connectivity index (χ2v) is 5.82. The summed E-state index contributed by atoms with van der Waals surface area (Å²) in [5.74, 6) is -0.0565. The first-order chi connectivity index (χ1) is 8.94. The Morgan fingerprint density at radius 1 is 1.42 bits per heavy atom. The first-order valence-corrected chi connectivity index (χ1v) is 6.71. The van der Waals surface area contributed by atoms with Crippen molar-refractivity contribution in [3.8, 4) is 0 Å². The zero-order valence-electron chi connectivity index (χ0n) is 11.6. The Balaban J connectivity index is 1.99. The lowest BCUT2D eigenvalue weighted by Gasteiger charge is -2.27. The number of hydrogen-bond donors (Lipinski definition) is 3. The summed E-state index contributed by atoms with van der Waals surface area (Å²) in [6.45, 7) is 5.44. The van der Waals surface area contributed by atoms with E-state index >= 15 is 0 Å². The van der Waals surface area contributed by atoms with Gasteiger partial charge in [-0.2, -0.15) is 0 Å². The largest absolute Gasteiger partial charge is 0.387 e. The predicted molar refractivity (Wildman–Crippen MR) is 74.9 cm³/mol. The Bertz CT molecular complexity index is 437. The number of aliphatic hydroxyl groups is 1. The van der Waals surface area contributed by atoms with Gasteiger partial charge in [0.25, 0.3) is 0 Å². The van der Waals surface area contributed by atoms with Gasteiger partial charge in [-0.3, -0.25) is 4.79 Å². The molecule has 104 valence electrons. The van der Waals surface area contributed by atoms with Crippen molar-refractivity contribution in [3.05, 3.63) is 35.9 Å². The summed E-state index contributed by atoms with van der Waals surface area (Å²) in [5, 5.41) is 16.2. The van der Waals surface area contributed by atoms with Crippen LogP contribution in [-0.4, -0.2) is 36.2 Å². The predicted octanol–water partition coefficient (Wildman–Crippen LogP) is 0.805. The van der Waals surface area contributed by atoms with Gasteiger partial charge in [-0.15, -0.1) is 0 Å². The van der Waals surface area contributed by atoms with Crippen molar-refractivity contribution in [2.45, 2.75) is 31.3 Å². The van der Waals surface area contributed by atoms with E-state index < -0.39 is 11.0 Å². The fraction of sp³-hybridized carbons (Fsp3) is 0.533. The molecule has 0 aliphatic carbocycles. The van der Waals surface area contributed by atoms with Crippen LogP contribution < -0.4 is 10.6 Å². The van der Waals surface area contributed by atoms with Crippen molar-refractivity contribution in [1.29, 1.82) is 0 Å². The highest BCUT2D eigenvalue weighted by Gasteiger charge is 2.34. The number of benzene rings is 1. The molecule has 0 radical (unpaired) electrons. The number of hydrogen-bond acceptors (Lipinski definition) is 3. The average molecular weight is 262 g/mol. The first kappa shape index (κ1) is 14.0. The number of rotatable bonds is 4. The summed E-state index contributed by atoms with van der Waals surface area (Å²) in [6.07, 6.45) is 0.680. The Labute approximate surface area is 114 Å². The van der Waals surface area contributed by atoms with Crippen molar-refractivity contribution >= 4 is 5.91 Å². The Morgan fingerprint density at radius 3 is 2.68 bits per heavy atom. The minimum atomic E-state index is -0.803. The highest BCUT2D eigenvalue weighted by atomic mass is 16.3. The maximum atomic E-state index is 12.3. The molecule has 1 aromatic carbocycles. The van der Waals surface area contributed by atoms with Crippen LogP contribution in [0.2, 0.25) is 0 Å². The number of nitrogens with one attached hydrogen (secondary N) is 2. The second kappa shape index (κ2) is 5.31. The fourth-order valence-electron chi connectivity index (χ4n) is 2.33. The Hall–Kier alpha value is -1.39. The minimum absolute atomic E-state index is 0.0565. The van der Waals surface area contributed by atoms with Crippen molar-refractivity contribution in [1.82, 2.24) is 10.6 Å². The van der Waals surface area contributed by atoms with E-state index in [1.807, 2.05) is 44.2 Å². The molecule has 0 aromatic heterocycles. The van der Waals surface area contributed by atoms with Gasteiger partial charge in [-0.25, -0.2) is 0 Å². The molecular weight excluding hydrogens is 240 g/mol. The zero-order chi connectivity index (χ0) is 13.9. The van der Waals surface area contributed by atoms with Crippen LogP contribution in [-0.2, 0) is 10.2 Å².